The molecule has 106 valence electrons. The summed E-state index contributed by atoms with van der Waals surface area (Å²) in [5, 5.41) is 7.92. The van der Waals surface area contributed by atoms with Gasteiger partial charge in [0, 0.05) is 25.2 Å². The van der Waals surface area contributed by atoms with Crippen LogP contribution in [-0.4, -0.2) is 24.5 Å². The first-order valence-electron chi connectivity index (χ1n) is 7.01. The Bertz CT molecular complexity index is 610. The summed E-state index contributed by atoms with van der Waals surface area (Å²) in [5.41, 5.74) is 0.628. The fourth-order valence-electron chi connectivity index (χ4n) is 2.08. The third-order valence-corrected chi connectivity index (χ3v) is 3.58. The molecule has 1 atom stereocenters. The number of pyridine rings is 1. The number of carbonyl (C=O) groups is 1. The number of amides is 1. The molecule has 4 nitrogen and oxygen atoms in total. The fourth-order valence-corrected chi connectivity index (χ4v) is 2.08. The topological polar surface area (TPSA) is 54.0 Å². The molecule has 0 aliphatic carbocycles. The van der Waals surface area contributed by atoms with Gasteiger partial charge < -0.3 is 10.6 Å². The summed E-state index contributed by atoms with van der Waals surface area (Å²) in [7, 11) is 1.83. The molecule has 1 heterocycles. The number of hydrogen-bond acceptors (Lipinski definition) is 3. The van der Waals surface area contributed by atoms with Gasteiger partial charge >= 0.3 is 0 Å². The Kier molecular flexibility index (Phi) is 4.56. The Morgan fingerprint density at radius 3 is 2.65 bits per heavy atom. The minimum absolute atomic E-state index is 0.0587. The summed E-state index contributed by atoms with van der Waals surface area (Å²) in [6.45, 7) is 4.94. The lowest BCUT2D eigenvalue weighted by Gasteiger charge is -2.12. The first-order chi connectivity index (χ1) is 9.67. The molecule has 0 saturated carbocycles. The van der Waals surface area contributed by atoms with Crippen LogP contribution in [0.3, 0.4) is 0 Å². The third kappa shape index (κ3) is 2.90. The molecule has 0 spiro atoms. The number of carbonyl (C=O) groups excluding carboxylic acids is 1. The lowest BCUT2D eigenvalue weighted by Crippen LogP contribution is -2.28. The molecular weight excluding hydrogens is 250 g/mol. The molecule has 0 bridgehead atoms. The quantitative estimate of drug-likeness (QED) is 0.878. The van der Waals surface area contributed by atoms with Gasteiger partial charge in [0.2, 0.25) is 0 Å². The van der Waals surface area contributed by atoms with E-state index in [9.17, 15) is 4.79 Å². The Hall–Kier alpha value is -2.10. The Morgan fingerprint density at radius 2 is 2.00 bits per heavy atom. The van der Waals surface area contributed by atoms with Crippen LogP contribution >= 0.6 is 0 Å². The van der Waals surface area contributed by atoms with E-state index in [2.05, 4.69) is 29.5 Å². The van der Waals surface area contributed by atoms with Crippen molar-refractivity contribution in [2.75, 3.05) is 18.9 Å². The van der Waals surface area contributed by atoms with Crippen molar-refractivity contribution in [1.29, 1.82) is 0 Å². The molecule has 1 amide bonds. The van der Waals surface area contributed by atoms with E-state index in [0.29, 0.717) is 18.0 Å². The van der Waals surface area contributed by atoms with Crippen LogP contribution < -0.4 is 10.6 Å². The third-order valence-electron chi connectivity index (χ3n) is 3.58. The van der Waals surface area contributed by atoms with Gasteiger partial charge in [-0.05, 0) is 11.3 Å². The van der Waals surface area contributed by atoms with Gasteiger partial charge in [-0.2, -0.15) is 0 Å². The highest BCUT2D eigenvalue weighted by molar-refractivity contribution is 6.09. The zero-order valence-corrected chi connectivity index (χ0v) is 12.2. The molecule has 0 aliphatic rings. The summed E-state index contributed by atoms with van der Waals surface area (Å²) in [6.07, 6.45) is 2.69. The summed E-state index contributed by atoms with van der Waals surface area (Å²) in [4.78, 5) is 16.6. The summed E-state index contributed by atoms with van der Waals surface area (Å²) >= 11 is 0. The van der Waals surface area contributed by atoms with E-state index >= 15 is 0 Å². The predicted molar refractivity (Wildman–Crippen MR) is 83.1 cm³/mol. The second kappa shape index (κ2) is 6.37. The standard InChI is InChI=1S/C16H21N3O/c1-4-11(2)9-19-16(20)14-10-18-15(17-3)13-8-6-5-7-12(13)14/h5-8,10-11H,4,9H2,1-3H3,(H,17,18)(H,19,20). The van der Waals surface area contributed by atoms with E-state index in [-0.39, 0.29) is 5.91 Å². The highest BCUT2D eigenvalue weighted by Gasteiger charge is 2.13. The first-order valence-corrected chi connectivity index (χ1v) is 7.01. The van der Waals surface area contributed by atoms with Crippen LogP contribution in [0.25, 0.3) is 10.8 Å². The SMILES string of the molecule is CCC(C)CNC(=O)c1cnc(NC)c2ccccc12. The van der Waals surface area contributed by atoms with Gasteiger partial charge in [-0.15, -0.1) is 0 Å². The minimum Gasteiger partial charge on any atom is -0.373 e. The predicted octanol–water partition coefficient (Wildman–Crippen LogP) is 3.05. The summed E-state index contributed by atoms with van der Waals surface area (Å²) in [5.74, 6) is 1.21. The second-order valence-electron chi connectivity index (χ2n) is 5.04. The zero-order valence-electron chi connectivity index (χ0n) is 12.2. The van der Waals surface area contributed by atoms with Crippen molar-refractivity contribution >= 4 is 22.5 Å². The molecule has 2 rings (SSSR count). The van der Waals surface area contributed by atoms with Gasteiger partial charge in [0.15, 0.2) is 0 Å². The van der Waals surface area contributed by atoms with Crippen molar-refractivity contribution in [3.63, 3.8) is 0 Å². The number of hydrogen-bond donors (Lipinski definition) is 2. The Labute approximate surface area is 119 Å². The summed E-state index contributed by atoms with van der Waals surface area (Å²) < 4.78 is 0. The van der Waals surface area contributed by atoms with E-state index in [0.717, 1.165) is 23.0 Å². The van der Waals surface area contributed by atoms with Crippen molar-refractivity contribution in [2.45, 2.75) is 20.3 Å². The van der Waals surface area contributed by atoms with Gasteiger partial charge in [0.25, 0.3) is 5.91 Å². The zero-order chi connectivity index (χ0) is 14.5. The largest absolute Gasteiger partial charge is 0.373 e. The van der Waals surface area contributed by atoms with Crippen LogP contribution in [-0.2, 0) is 0 Å². The van der Waals surface area contributed by atoms with Crippen molar-refractivity contribution in [1.82, 2.24) is 10.3 Å². The molecule has 0 fully saturated rings. The fraction of sp³-hybridized carbons (Fsp3) is 0.375. The maximum Gasteiger partial charge on any atom is 0.253 e. The van der Waals surface area contributed by atoms with Crippen LogP contribution in [0.1, 0.15) is 30.6 Å². The average molecular weight is 271 g/mol. The maximum atomic E-state index is 12.3. The van der Waals surface area contributed by atoms with Gasteiger partial charge in [-0.3, -0.25) is 4.79 Å². The number of benzene rings is 1. The van der Waals surface area contributed by atoms with E-state index in [1.54, 1.807) is 6.20 Å². The molecule has 1 unspecified atom stereocenters. The van der Waals surface area contributed by atoms with Crippen LogP contribution in [0.15, 0.2) is 30.5 Å². The van der Waals surface area contributed by atoms with E-state index in [1.807, 2.05) is 31.3 Å². The van der Waals surface area contributed by atoms with E-state index in [1.165, 1.54) is 0 Å². The van der Waals surface area contributed by atoms with Crippen LogP contribution in [0, 0.1) is 5.92 Å². The first kappa shape index (κ1) is 14.3. The second-order valence-corrected chi connectivity index (χ2v) is 5.04. The molecular formula is C16H21N3O. The Balaban J connectivity index is 2.33. The number of aromatic nitrogens is 1. The molecule has 2 N–H and O–H groups in total. The molecule has 20 heavy (non-hydrogen) atoms. The lowest BCUT2D eigenvalue weighted by molar-refractivity contribution is 0.0949. The number of nitrogens with one attached hydrogen (secondary N) is 2. The van der Waals surface area contributed by atoms with E-state index < -0.39 is 0 Å². The van der Waals surface area contributed by atoms with Crippen molar-refractivity contribution < 1.29 is 4.79 Å². The Morgan fingerprint density at radius 1 is 1.30 bits per heavy atom. The van der Waals surface area contributed by atoms with E-state index in [4.69, 9.17) is 0 Å². The van der Waals surface area contributed by atoms with Crippen LogP contribution in [0.5, 0.6) is 0 Å². The van der Waals surface area contributed by atoms with Crippen LogP contribution in [0.2, 0.25) is 0 Å². The van der Waals surface area contributed by atoms with Gasteiger partial charge in [-0.1, -0.05) is 44.5 Å². The average Bonchev–Trinajstić information content (AvgIpc) is 2.51. The number of fused-ring (bicyclic) bond motifs is 1. The number of anilines is 1. The smallest absolute Gasteiger partial charge is 0.253 e. The molecule has 2 aromatic rings. The van der Waals surface area contributed by atoms with Crippen LogP contribution in [0.4, 0.5) is 5.82 Å². The number of rotatable bonds is 5. The highest BCUT2D eigenvalue weighted by Crippen LogP contribution is 2.24. The monoisotopic (exact) mass is 271 g/mol. The number of nitrogens with zero attached hydrogens (tertiary/aromatic N) is 1. The van der Waals surface area contributed by atoms with Gasteiger partial charge in [-0.25, -0.2) is 4.98 Å². The molecule has 4 heteroatoms. The molecule has 1 aromatic heterocycles. The normalized spacial score (nSPS) is 12.2. The molecule has 0 aliphatic heterocycles. The van der Waals surface area contributed by atoms with Gasteiger partial charge in [0.05, 0.1) is 5.56 Å². The molecule has 0 radical (unpaired) electrons. The van der Waals surface area contributed by atoms with Crippen molar-refractivity contribution in [2.24, 2.45) is 5.92 Å². The van der Waals surface area contributed by atoms with Crippen molar-refractivity contribution in [3.05, 3.63) is 36.0 Å². The lowest BCUT2D eigenvalue weighted by atomic mass is 10.1. The minimum atomic E-state index is -0.0587. The van der Waals surface area contributed by atoms with Gasteiger partial charge in [0.1, 0.15) is 5.82 Å². The molecule has 0 saturated heterocycles. The summed E-state index contributed by atoms with van der Waals surface area (Å²) in [6, 6.07) is 7.81. The van der Waals surface area contributed by atoms with Crippen molar-refractivity contribution in [3.8, 4) is 0 Å². The highest BCUT2D eigenvalue weighted by atomic mass is 16.1. The maximum absolute atomic E-state index is 12.3. The molecule has 1 aromatic carbocycles.